The monoisotopic (exact) mass is 279 g/mol. The Morgan fingerprint density at radius 1 is 1.35 bits per heavy atom. The summed E-state index contributed by atoms with van der Waals surface area (Å²) in [6.45, 7) is 8.32. The van der Waals surface area contributed by atoms with Crippen molar-refractivity contribution in [3.05, 3.63) is 23.5 Å². The molecular formula is C15H25N3O2. The summed E-state index contributed by atoms with van der Waals surface area (Å²) in [7, 11) is 0. The van der Waals surface area contributed by atoms with Gasteiger partial charge in [-0.05, 0) is 32.0 Å². The summed E-state index contributed by atoms with van der Waals surface area (Å²) in [6.07, 6.45) is 2.05. The fourth-order valence-corrected chi connectivity index (χ4v) is 1.70. The molecule has 0 fully saturated rings. The van der Waals surface area contributed by atoms with Crippen molar-refractivity contribution in [2.75, 3.05) is 19.7 Å². The highest BCUT2D eigenvalue weighted by molar-refractivity contribution is 5.77. The number of carbonyl (C=O) groups excluding carboxylic acids is 1. The van der Waals surface area contributed by atoms with Gasteiger partial charge in [-0.25, -0.2) is 0 Å². The first-order valence-electron chi connectivity index (χ1n) is 7.24. The third-order valence-corrected chi connectivity index (χ3v) is 2.83. The average Bonchev–Trinajstić information content (AvgIpc) is 2.44. The van der Waals surface area contributed by atoms with Gasteiger partial charge in [0.15, 0.2) is 6.61 Å². The number of pyridine rings is 1. The van der Waals surface area contributed by atoms with Crippen LogP contribution in [0, 0.1) is 6.92 Å². The molecule has 0 bridgehead atoms. The predicted octanol–water partition coefficient (Wildman–Crippen LogP) is 1.79. The molecule has 0 saturated heterocycles. The lowest BCUT2D eigenvalue weighted by Crippen LogP contribution is -2.30. The van der Waals surface area contributed by atoms with Crippen molar-refractivity contribution in [1.29, 1.82) is 0 Å². The minimum absolute atomic E-state index is 0.0353. The van der Waals surface area contributed by atoms with Crippen molar-refractivity contribution in [1.82, 2.24) is 15.6 Å². The summed E-state index contributed by atoms with van der Waals surface area (Å²) in [5, 5.41) is 6.05. The van der Waals surface area contributed by atoms with Gasteiger partial charge >= 0.3 is 0 Å². The number of aryl methyl sites for hydroxylation is 1. The van der Waals surface area contributed by atoms with E-state index in [1.54, 1.807) is 0 Å². The lowest BCUT2D eigenvalue weighted by Gasteiger charge is -2.12. The van der Waals surface area contributed by atoms with Crippen LogP contribution in [0.2, 0.25) is 0 Å². The van der Waals surface area contributed by atoms with Gasteiger partial charge in [-0.1, -0.05) is 20.3 Å². The molecule has 0 radical (unpaired) electrons. The SMILES string of the molecule is CCCCNC(=O)COc1ccc(C)nc1CNCC. The highest BCUT2D eigenvalue weighted by atomic mass is 16.5. The van der Waals surface area contributed by atoms with Crippen LogP contribution in [0.3, 0.4) is 0 Å². The Morgan fingerprint density at radius 2 is 2.15 bits per heavy atom. The molecule has 1 rings (SSSR count). The van der Waals surface area contributed by atoms with Crippen molar-refractivity contribution in [2.45, 2.75) is 40.2 Å². The third-order valence-electron chi connectivity index (χ3n) is 2.83. The fraction of sp³-hybridized carbons (Fsp3) is 0.600. The van der Waals surface area contributed by atoms with Crippen LogP contribution in [0.5, 0.6) is 5.75 Å². The Balaban J connectivity index is 2.51. The molecule has 1 aromatic heterocycles. The second-order valence-corrected chi connectivity index (χ2v) is 4.67. The zero-order chi connectivity index (χ0) is 14.8. The van der Waals surface area contributed by atoms with Crippen molar-refractivity contribution in [2.24, 2.45) is 0 Å². The van der Waals surface area contributed by atoms with E-state index in [9.17, 15) is 4.79 Å². The summed E-state index contributed by atoms with van der Waals surface area (Å²) in [6, 6.07) is 3.76. The summed E-state index contributed by atoms with van der Waals surface area (Å²) in [4.78, 5) is 16.1. The Bertz CT molecular complexity index is 422. The Kier molecular flexibility index (Phi) is 7.65. The molecule has 0 atom stereocenters. The van der Waals surface area contributed by atoms with Gasteiger partial charge < -0.3 is 15.4 Å². The fourth-order valence-electron chi connectivity index (χ4n) is 1.70. The molecule has 0 spiro atoms. The first-order chi connectivity index (χ1) is 9.67. The topological polar surface area (TPSA) is 63.2 Å². The standard InChI is InChI=1S/C15H25N3O2/c1-4-6-9-17-15(19)11-20-14-8-7-12(3)18-13(14)10-16-5-2/h7-8,16H,4-6,9-11H2,1-3H3,(H,17,19). The van der Waals surface area contributed by atoms with E-state index >= 15 is 0 Å². The van der Waals surface area contributed by atoms with Crippen molar-refractivity contribution >= 4 is 5.91 Å². The molecule has 5 nitrogen and oxygen atoms in total. The summed E-state index contributed by atoms with van der Waals surface area (Å²) in [5.41, 5.74) is 1.78. The van der Waals surface area contributed by atoms with E-state index in [4.69, 9.17) is 4.74 Å². The van der Waals surface area contributed by atoms with E-state index < -0.39 is 0 Å². The van der Waals surface area contributed by atoms with Crippen LogP contribution < -0.4 is 15.4 Å². The first-order valence-corrected chi connectivity index (χ1v) is 7.24. The van der Waals surface area contributed by atoms with Gasteiger partial charge in [0.05, 0.1) is 5.69 Å². The summed E-state index contributed by atoms with van der Waals surface area (Å²) < 4.78 is 5.57. The molecule has 1 heterocycles. The van der Waals surface area contributed by atoms with Crippen molar-refractivity contribution in [3.8, 4) is 5.75 Å². The van der Waals surface area contributed by atoms with Gasteiger partial charge in [-0.15, -0.1) is 0 Å². The number of carbonyl (C=O) groups is 1. The molecule has 2 N–H and O–H groups in total. The van der Waals surface area contributed by atoms with Crippen LogP contribution in [-0.4, -0.2) is 30.6 Å². The van der Waals surface area contributed by atoms with Gasteiger partial charge in [-0.3, -0.25) is 9.78 Å². The van der Waals surface area contributed by atoms with Crippen LogP contribution in [0.15, 0.2) is 12.1 Å². The molecule has 0 saturated carbocycles. The van der Waals surface area contributed by atoms with Crippen molar-refractivity contribution < 1.29 is 9.53 Å². The lowest BCUT2D eigenvalue weighted by atomic mass is 10.3. The second kappa shape index (κ2) is 9.31. The number of hydrogen-bond donors (Lipinski definition) is 2. The predicted molar refractivity (Wildman–Crippen MR) is 79.8 cm³/mol. The second-order valence-electron chi connectivity index (χ2n) is 4.67. The van der Waals surface area contributed by atoms with E-state index in [1.165, 1.54) is 0 Å². The molecular weight excluding hydrogens is 254 g/mol. The average molecular weight is 279 g/mol. The van der Waals surface area contributed by atoms with Gasteiger partial charge in [-0.2, -0.15) is 0 Å². The molecule has 112 valence electrons. The molecule has 0 aliphatic carbocycles. The molecule has 20 heavy (non-hydrogen) atoms. The van der Waals surface area contributed by atoms with Crippen LogP contribution in [0.4, 0.5) is 0 Å². The number of ether oxygens (including phenoxy) is 1. The molecule has 0 aliphatic rings. The van der Waals surface area contributed by atoms with Gasteiger partial charge in [0.2, 0.25) is 0 Å². The largest absolute Gasteiger partial charge is 0.482 e. The zero-order valence-electron chi connectivity index (χ0n) is 12.7. The number of rotatable bonds is 9. The maximum Gasteiger partial charge on any atom is 0.257 e. The van der Waals surface area contributed by atoms with E-state index in [1.807, 2.05) is 26.0 Å². The molecule has 0 unspecified atom stereocenters. The Hall–Kier alpha value is -1.62. The smallest absolute Gasteiger partial charge is 0.257 e. The van der Waals surface area contributed by atoms with Gasteiger partial charge in [0.1, 0.15) is 5.75 Å². The first kappa shape index (κ1) is 16.4. The van der Waals surface area contributed by atoms with Crippen LogP contribution >= 0.6 is 0 Å². The normalized spacial score (nSPS) is 10.3. The van der Waals surface area contributed by atoms with Crippen LogP contribution in [-0.2, 0) is 11.3 Å². The molecule has 0 aliphatic heterocycles. The number of nitrogens with zero attached hydrogens (tertiary/aromatic N) is 1. The van der Waals surface area contributed by atoms with Gasteiger partial charge in [0.25, 0.3) is 5.91 Å². The van der Waals surface area contributed by atoms with E-state index in [0.717, 1.165) is 30.8 Å². The number of hydrogen-bond acceptors (Lipinski definition) is 4. The number of nitrogens with one attached hydrogen (secondary N) is 2. The highest BCUT2D eigenvalue weighted by Gasteiger charge is 2.08. The highest BCUT2D eigenvalue weighted by Crippen LogP contribution is 2.16. The van der Waals surface area contributed by atoms with E-state index in [0.29, 0.717) is 18.8 Å². The molecule has 5 heteroatoms. The minimum Gasteiger partial charge on any atom is -0.482 e. The lowest BCUT2D eigenvalue weighted by molar-refractivity contribution is -0.123. The number of aromatic nitrogens is 1. The van der Waals surface area contributed by atoms with Crippen molar-refractivity contribution in [3.63, 3.8) is 0 Å². The van der Waals surface area contributed by atoms with E-state index in [2.05, 4.69) is 22.5 Å². The number of unbranched alkanes of at least 4 members (excludes halogenated alkanes) is 1. The van der Waals surface area contributed by atoms with Gasteiger partial charge in [0, 0.05) is 18.8 Å². The third kappa shape index (κ3) is 6.02. The Morgan fingerprint density at radius 3 is 2.85 bits per heavy atom. The summed E-state index contributed by atoms with van der Waals surface area (Å²) in [5.74, 6) is 0.579. The van der Waals surface area contributed by atoms with Crippen LogP contribution in [0.1, 0.15) is 38.1 Å². The summed E-state index contributed by atoms with van der Waals surface area (Å²) >= 11 is 0. The Labute approximate surface area is 121 Å². The van der Waals surface area contributed by atoms with Crippen LogP contribution in [0.25, 0.3) is 0 Å². The minimum atomic E-state index is -0.0894. The maximum absolute atomic E-state index is 11.6. The molecule has 1 amide bonds. The molecule has 0 aromatic carbocycles. The van der Waals surface area contributed by atoms with E-state index in [-0.39, 0.29) is 12.5 Å². The zero-order valence-corrected chi connectivity index (χ0v) is 12.7. The molecule has 1 aromatic rings. The number of amides is 1. The quantitative estimate of drug-likeness (QED) is 0.677. The maximum atomic E-state index is 11.6.